The molecule has 0 amide bonds. The Morgan fingerprint density at radius 1 is 0.882 bits per heavy atom. The quantitative estimate of drug-likeness (QED) is 0.285. The number of halogens is 1. The van der Waals surface area contributed by atoms with Crippen LogP contribution < -0.4 is 10.6 Å². The SMILES string of the molecule is CC(=O)OCC1OC(NC(=S)Nc2ccc(Br)cc2)C(OC(C)=O)C(OC(C)=O)C1OC(C)=O. The van der Waals surface area contributed by atoms with Crippen molar-refractivity contribution >= 4 is 62.8 Å². The summed E-state index contributed by atoms with van der Waals surface area (Å²) in [5.74, 6) is -2.74. The summed E-state index contributed by atoms with van der Waals surface area (Å²) in [6, 6.07) is 7.15. The van der Waals surface area contributed by atoms with Crippen molar-refractivity contribution in [3.8, 4) is 0 Å². The Bertz CT molecular complexity index is 927. The molecule has 5 unspecified atom stereocenters. The number of carbonyl (C=O) groups is 4. The van der Waals surface area contributed by atoms with E-state index >= 15 is 0 Å². The highest BCUT2D eigenvalue weighted by atomic mass is 79.9. The second-order valence-electron chi connectivity index (χ2n) is 7.23. The highest BCUT2D eigenvalue weighted by Gasteiger charge is 2.52. The van der Waals surface area contributed by atoms with E-state index in [0.29, 0.717) is 5.69 Å². The van der Waals surface area contributed by atoms with Crippen LogP contribution in [-0.4, -0.2) is 66.2 Å². The molecule has 5 atom stereocenters. The van der Waals surface area contributed by atoms with Gasteiger partial charge in [0.1, 0.15) is 12.7 Å². The maximum absolute atomic E-state index is 11.9. The predicted octanol–water partition coefficient (Wildman–Crippen LogP) is 1.82. The third-order valence-corrected chi connectivity index (χ3v) is 5.11. The Labute approximate surface area is 209 Å². The van der Waals surface area contributed by atoms with Gasteiger partial charge < -0.3 is 34.3 Å². The molecular formula is C21H25BrN2O9S. The van der Waals surface area contributed by atoms with Gasteiger partial charge in [0.15, 0.2) is 29.7 Å². The number of rotatable bonds is 7. The van der Waals surface area contributed by atoms with Gasteiger partial charge in [-0.3, -0.25) is 19.2 Å². The molecule has 1 saturated heterocycles. The summed E-state index contributed by atoms with van der Waals surface area (Å²) >= 11 is 8.70. The molecule has 2 rings (SSSR count). The lowest BCUT2D eigenvalue weighted by Gasteiger charge is -2.44. The Balaban J connectivity index is 2.35. The lowest BCUT2D eigenvalue weighted by atomic mass is 9.97. The van der Waals surface area contributed by atoms with Crippen molar-refractivity contribution in [2.45, 2.75) is 58.3 Å². The molecule has 34 heavy (non-hydrogen) atoms. The van der Waals surface area contributed by atoms with Crippen LogP contribution >= 0.6 is 28.1 Å². The van der Waals surface area contributed by atoms with Crippen molar-refractivity contribution in [3.63, 3.8) is 0 Å². The van der Waals surface area contributed by atoms with Gasteiger partial charge in [0.2, 0.25) is 0 Å². The van der Waals surface area contributed by atoms with E-state index in [1.165, 1.54) is 6.92 Å². The van der Waals surface area contributed by atoms with Crippen molar-refractivity contribution in [1.29, 1.82) is 0 Å². The summed E-state index contributed by atoms with van der Waals surface area (Å²) in [5.41, 5.74) is 0.659. The van der Waals surface area contributed by atoms with E-state index in [2.05, 4.69) is 26.6 Å². The largest absolute Gasteiger partial charge is 0.463 e. The minimum absolute atomic E-state index is 0.100. The van der Waals surface area contributed by atoms with Crippen molar-refractivity contribution in [2.75, 3.05) is 11.9 Å². The zero-order valence-electron chi connectivity index (χ0n) is 18.9. The summed E-state index contributed by atoms with van der Waals surface area (Å²) in [7, 11) is 0. The molecule has 0 radical (unpaired) electrons. The van der Waals surface area contributed by atoms with Crippen LogP contribution in [-0.2, 0) is 42.9 Å². The number of hydrogen-bond acceptors (Lipinski definition) is 10. The molecule has 0 saturated carbocycles. The number of nitrogens with one attached hydrogen (secondary N) is 2. The molecule has 0 bridgehead atoms. The number of carbonyl (C=O) groups excluding carboxylic acids is 4. The predicted molar refractivity (Wildman–Crippen MR) is 125 cm³/mol. The van der Waals surface area contributed by atoms with Crippen molar-refractivity contribution < 1.29 is 42.9 Å². The number of esters is 4. The van der Waals surface area contributed by atoms with Crippen molar-refractivity contribution in [3.05, 3.63) is 28.7 Å². The van der Waals surface area contributed by atoms with Gasteiger partial charge in [-0.15, -0.1) is 0 Å². The van der Waals surface area contributed by atoms with Crippen LogP contribution in [0.15, 0.2) is 28.7 Å². The average Bonchev–Trinajstić information content (AvgIpc) is 2.71. The highest BCUT2D eigenvalue weighted by molar-refractivity contribution is 9.10. The van der Waals surface area contributed by atoms with Crippen LogP contribution in [0.25, 0.3) is 0 Å². The molecule has 186 valence electrons. The standard InChI is InChI=1S/C21H25BrN2O9S/c1-10(25)29-9-16-17(30-11(2)26)18(31-12(3)27)19(32-13(4)28)20(33-16)24-21(34)23-15-7-5-14(22)6-8-15/h5-8,16-20H,9H2,1-4H3,(H2,23,24,34). The highest BCUT2D eigenvalue weighted by Crippen LogP contribution is 2.28. The first-order chi connectivity index (χ1) is 16.0. The Morgan fingerprint density at radius 2 is 1.41 bits per heavy atom. The molecule has 0 spiro atoms. The third-order valence-electron chi connectivity index (χ3n) is 4.37. The average molecular weight is 561 g/mol. The second kappa shape index (κ2) is 12.6. The normalized spacial score (nSPS) is 23.7. The first-order valence-electron chi connectivity index (χ1n) is 10.1. The van der Waals surface area contributed by atoms with Crippen LogP contribution in [0.3, 0.4) is 0 Å². The van der Waals surface area contributed by atoms with Gasteiger partial charge in [0, 0.05) is 37.9 Å². The topological polar surface area (TPSA) is 138 Å². The molecule has 1 aromatic rings. The fraction of sp³-hybridized carbons (Fsp3) is 0.476. The van der Waals surface area contributed by atoms with E-state index < -0.39 is 54.5 Å². The number of thiocarbonyl (C=S) groups is 1. The summed E-state index contributed by atoms with van der Waals surface area (Å²) in [4.78, 5) is 46.8. The van der Waals surface area contributed by atoms with Crippen molar-refractivity contribution in [1.82, 2.24) is 5.32 Å². The molecular weight excluding hydrogens is 536 g/mol. The van der Waals surface area contributed by atoms with E-state index in [1.54, 1.807) is 24.3 Å². The number of anilines is 1. The molecule has 0 aliphatic carbocycles. The monoisotopic (exact) mass is 560 g/mol. The minimum atomic E-state index is -1.28. The smallest absolute Gasteiger partial charge is 0.303 e. The molecule has 1 heterocycles. The van der Waals surface area contributed by atoms with E-state index in [9.17, 15) is 19.2 Å². The van der Waals surface area contributed by atoms with Gasteiger partial charge in [0.05, 0.1) is 0 Å². The Morgan fingerprint density at radius 3 is 1.94 bits per heavy atom. The molecule has 0 aromatic heterocycles. The maximum atomic E-state index is 11.9. The maximum Gasteiger partial charge on any atom is 0.303 e. The first-order valence-corrected chi connectivity index (χ1v) is 11.3. The van der Waals surface area contributed by atoms with Crippen LogP contribution in [0, 0.1) is 0 Å². The zero-order chi connectivity index (χ0) is 25.4. The van der Waals surface area contributed by atoms with Crippen LogP contribution in [0.5, 0.6) is 0 Å². The number of ether oxygens (including phenoxy) is 5. The lowest BCUT2D eigenvalue weighted by Crippen LogP contribution is -2.66. The Kier molecular flexibility index (Phi) is 10.2. The third kappa shape index (κ3) is 8.54. The molecule has 2 N–H and O–H groups in total. The molecule has 1 fully saturated rings. The van der Waals surface area contributed by atoms with Gasteiger partial charge in [-0.2, -0.15) is 0 Å². The van der Waals surface area contributed by atoms with Crippen molar-refractivity contribution in [2.24, 2.45) is 0 Å². The lowest BCUT2D eigenvalue weighted by molar-refractivity contribution is -0.254. The summed E-state index contributed by atoms with van der Waals surface area (Å²) in [6.45, 7) is 4.32. The number of benzene rings is 1. The molecule has 11 nitrogen and oxygen atoms in total. The van der Waals surface area contributed by atoms with Gasteiger partial charge in [-0.1, -0.05) is 15.9 Å². The molecule has 1 aromatic carbocycles. The fourth-order valence-electron chi connectivity index (χ4n) is 3.17. The number of hydrogen-bond donors (Lipinski definition) is 2. The fourth-order valence-corrected chi connectivity index (χ4v) is 3.67. The van der Waals surface area contributed by atoms with E-state index in [0.717, 1.165) is 25.2 Å². The van der Waals surface area contributed by atoms with E-state index in [-0.39, 0.29) is 11.7 Å². The Hall–Kier alpha value is -2.77. The van der Waals surface area contributed by atoms with Gasteiger partial charge >= 0.3 is 23.9 Å². The summed E-state index contributed by atoms with van der Waals surface area (Å²) < 4.78 is 27.9. The summed E-state index contributed by atoms with van der Waals surface area (Å²) in [5, 5.41) is 5.92. The van der Waals surface area contributed by atoms with Gasteiger partial charge in [-0.05, 0) is 36.5 Å². The zero-order valence-corrected chi connectivity index (χ0v) is 21.3. The van der Waals surface area contributed by atoms with Crippen LogP contribution in [0.1, 0.15) is 27.7 Å². The minimum Gasteiger partial charge on any atom is -0.463 e. The molecule has 1 aliphatic rings. The van der Waals surface area contributed by atoms with Gasteiger partial charge in [-0.25, -0.2) is 0 Å². The first kappa shape index (κ1) is 27.5. The molecule has 1 aliphatic heterocycles. The van der Waals surface area contributed by atoms with E-state index in [4.69, 9.17) is 35.9 Å². The van der Waals surface area contributed by atoms with E-state index in [1.807, 2.05) is 0 Å². The molecule has 13 heteroatoms. The van der Waals surface area contributed by atoms with Gasteiger partial charge in [0.25, 0.3) is 0 Å². The summed E-state index contributed by atoms with van der Waals surface area (Å²) in [6.07, 6.45) is -6.01. The second-order valence-corrected chi connectivity index (χ2v) is 8.55. The van der Waals surface area contributed by atoms with Crippen LogP contribution in [0.4, 0.5) is 5.69 Å². The van der Waals surface area contributed by atoms with Crippen LogP contribution in [0.2, 0.25) is 0 Å².